The van der Waals surface area contributed by atoms with Crippen LogP contribution in [0, 0.1) is 0 Å². The fourth-order valence-corrected chi connectivity index (χ4v) is 1.92. The van der Waals surface area contributed by atoms with Gasteiger partial charge in [-0.2, -0.15) is 11.8 Å². The molecular weight excluding hydrogens is 226 g/mol. The van der Waals surface area contributed by atoms with Gasteiger partial charge >= 0.3 is 0 Å². The second kappa shape index (κ2) is 15.2. The van der Waals surface area contributed by atoms with Crippen LogP contribution < -0.4 is 5.32 Å². The minimum absolute atomic E-state index is 0.301. The standard InChI is InChI=1S/C11H25NO3S/c1-14-7-3-8-15-9-4-12-5-11-16-10-2-6-13/h12-13H,2-11H2,1H3. The molecule has 5 heteroatoms. The van der Waals surface area contributed by atoms with Crippen molar-refractivity contribution in [2.75, 3.05) is 58.1 Å². The molecule has 2 N–H and O–H groups in total. The van der Waals surface area contributed by atoms with E-state index < -0.39 is 0 Å². The second-order valence-corrected chi connectivity index (χ2v) is 4.62. The van der Waals surface area contributed by atoms with Crippen molar-refractivity contribution in [2.24, 2.45) is 0 Å². The average molecular weight is 251 g/mol. The van der Waals surface area contributed by atoms with E-state index in [0.29, 0.717) is 6.61 Å². The summed E-state index contributed by atoms with van der Waals surface area (Å²) in [5.74, 6) is 2.15. The Kier molecular flexibility index (Phi) is 15.4. The summed E-state index contributed by atoms with van der Waals surface area (Å²) < 4.78 is 10.3. The molecule has 0 aromatic carbocycles. The maximum absolute atomic E-state index is 8.57. The van der Waals surface area contributed by atoms with Gasteiger partial charge in [-0.05, 0) is 18.6 Å². The molecule has 98 valence electrons. The summed E-state index contributed by atoms with van der Waals surface area (Å²) in [4.78, 5) is 0. The van der Waals surface area contributed by atoms with E-state index in [1.165, 1.54) is 0 Å². The summed E-state index contributed by atoms with van der Waals surface area (Å²) in [6.45, 7) is 4.54. The summed E-state index contributed by atoms with van der Waals surface area (Å²) >= 11 is 1.87. The number of aliphatic hydroxyl groups excluding tert-OH is 1. The van der Waals surface area contributed by atoms with E-state index in [1.807, 2.05) is 11.8 Å². The van der Waals surface area contributed by atoms with Crippen molar-refractivity contribution in [2.45, 2.75) is 12.8 Å². The first-order valence-corrected chi connectivity index (χ1v) is 7.03. The predicted octanol–water partition coefficient (Wildman–Crippen LogP) is 0.745. The monoisotopic (exact) mass is 251 g/mol. The lowest BCUT2D eigenvalue weighted by Gasteiger charge is -2.05. The molecule has 0 aliphatic rings. The molecule has 0 bridgehead atoms. The van der Waals surface area contributed by atoms with Gasteiger partial charge in [0.25, 0.3) is 0 Å². The zero-order chi connectivity index (χ0) is 11.9. The number of nitrogens with one attached hydrogen (secondary N) is 1. The third kappa shape index (κ3) is 14.2. The number of aliphatic hydroxyl groups is 1. The Hall–Kier alpha value is 0.190. The molecule has 16 heavy (non-hydrogen) atoms. The molecule has 0 heterocycles. The number of rotatable bonds is 13. The first-order valence-electron chi connectivity index (χ1n) is 5.87. The molecule has 0 radical (unpaired) electrons. The Labute approximate surface area is 103 Å². The van der Waals surface area contributed by atoms with Crippen LogP contribution in [0.3, 0.4) is 0 Å². The van der Waals surface area contributed by atoms with Crippen LogP contribution in [0.4, 0.5) is 0 Å². The third-order valence-electron chi connectivity index (χ3n) is 1.93. The summed E-state index contributed by atoms with van der Waals surface area (Å²) in [5.41, 5.74) is 0. The molecule has 0 saturated heterocycles. The maximum Gasteiger partial charge on any atom is 0.0590 e. The molecule has 0 spiro atoms. The average Bonchev–Trinajstić information content (AvgIpc) is 2.31. The van der Waals surface area contributed by atoms with Gasteiger partial charge in [-0.15, -0.1) is 0 Å². The Morgan fingerprint density at radius 1 is 1.06 bits per heavy atom. The Balaban J connectivity index is 2.83. The smallest absolute Gasteiger partial charge is 0.0590 e. The number of methoxy groups -OCH3 is 1. The van der Waals surface area contributed by atoms with Crippen LogP contribution in [-0.4, -0.2) is 63.2 Å². The highest BCUT2D eigenvalue weighted by Crippen LogP contribution is 1.99. The van der Waals surface area contributed by atoms with E-state index in [0.717, 1.165) is 57.3 Å². The highest BCUT2D eigenvalue weighted by atomic mass is 32.2. The molecule has 0 rings (SSSR count). The predicted molar refractivity (Wildman–Crippen MR) is 69.2 cm³/mol. The van der Waals surface area contributed by atoms with Crippen LogP contribution in [0.25, 0.3) is 0 Å². The Morgan fingerprint density at radius 3 is 2.69 bits per heavy atom. The van der Waals surface area contributed by atoms with Crippen molar-refractivity contribution < 1.29 is 14.6 Å². The van der Waals surface area contributed by atoms with E-state index in [2.05, 4.69) is 5.32 Å². The fourth-order valence-electron chi connectivity index (χ4n) is 1.09. The van der Waals surface area contributed by atoms with Crippen molar-refractivity contribution >= 4 is 11.8 Å². The molecule has 0 aliphatic carbocycles. The minimum atomic E-state index is 0.301. The lowest BCUT2D eigenvalue weighted by atomic mass is 10.5. The molecule has 0 saturated carbocycles. The Bertz CT molecular complexity index is 114. The summed E-state index contributed by atoms with van der Waals surface area (Å²) in [6, 6.07) is 0. The number of hydrogen-bond donors (Lipinski definition) is 2. The quantitative estimate of drug-likeness (QED) is 0.473. The van der Waals surface area contributed by atoms with Crippen molar-refractivity contribution in [3.8, 4) is 0 Å². The fraction of sp³-hybridized carbons (Fsp3) is 1.00. The minimum Gasteiger partial charge on any atom is -0.396 e. The molecule has 0 fully saturated rings. The second-order valence-electron chi connectivity index (χ2n) is 3.40. The van der Waals surface area contributed by atoms with Gasteiger partial charge in [0.05, 0.1) is 6.61 Å². The van der Waals surface area contributed by atoms with Crippen LogP contribution in [-0.2, 0) is 9.47 Å². The topological polar surface area (TPSA) is 50.7 Å². The van der Waals surface area contributed by atoms with E-state index in [9.17, 15) is 0 Å². The van der Waals surface area contributed by atoms with E-state index in [4.69, 9.17) is 14.6 Å². The normalized spacial score (nSPS) is 10.9. The zero-order valence-corrected chi connectivity index (χ0v) is 11.1. The van der Waals surface area contributed by atoms with Crippen molar-refractivity contribution in [3.05, 3.63) is 0 Å². The highest BCUT2D eigenvalue weighted by Gasteiger charge is 1.91. The lowest BCUT2D eigenvalue weighted by Crippen LogP contribution is -2.22. The zero-order valence-electron chi connectivity index (χ0n) is 10.2. The van der Waals surface area contributed by atoms with Crippen LogP contribution in [0.15, 0.2) is 0 Å². The summed E-state index contributed by atoms with van der Waals surface area (Å²) in [5, 5.41) is 11.9. The molecule has 0 amide bonds. The SMILES string of the molecule is COCCCOCCNCCSCCCO. The van der Waals surface area contributed by atoms with Crippen molar-refractivity contribution in [3.63, 3.8) is 0 Å². The summed E-state index contributed by atoms with van der Waals surface area (Å²) in [7, 11) is 1.70. The first kappa shape index (κ1) is 16.2. The summed E-state index contributed by atoms with van der Waals surface area (Å²) in [6.07, 6.45) is 1.86. The van der Waals surface area contributed by atoms with Gasteiger partial charge < -0.3 is 19.9 Å². The molecule has 0 unspecified atom stereocenters. The molecule has 0 aromatic heterocycles. The van der Waals surface area contributed by atoms with Crippen molar-refractivity contribution in [1.82, 2.24) is 5.32 Å². The van der Waals surface area contributed by atoms with Crippen molar-refractivity contribution in [1.29, 1.82) is 0 Å². The van der Waals surface area contributed by atoms with Crippen LogP contribution in [0.2, 0.25) is 0 Å². The van der Waals surface area contributed by atoms with E-state index in [1.54, 1.807) is 7.11 Å². The van der Waals surface area contributed by atoms with Crippen LogP contribution in [0.5, 0.6) is 0 Å². The van der Waals surface area contributed by atoms with Gasteiger partial charge in [-0.3, -0.25) is 0 Å². The largest absolute Gasteiger partial charge is 0.396 e. The third-order valence-corrected chi connectivity index (χ3v) is 3.00. The number of thioether (sulfide) groups is 1. The van der Waals surface area contributed by atoms with E-state index in [-0.39, 0.29) is 0 Å². The van der Waals surface area contributed by atoms with Gasteiger partial charge in [-0.25, -0.2) is 0 Å². The molecule has 0 atom stereocenters. The van der Waals surface area contributed by atoms with Gasteiger partial charge in [0.1, 0.15) is 0 Å². The van der Waals surface area contributed by atoms with Gasteiger partial charge in [-0.1, -0.05) is 0 Å². The van der Waals surface area contributed by atoms with Gasteiger partial charge in [0.2, 0.25) is 0 Å². The Morgan fingerprint density at radius 2 is 1.94 bits per heavy atom. The van der Waals surface area contributed by atoms with Crippen LogP contribution in [0.1, 0.15) is 12.8 Å². The van der Waals surface area contributed by atoms with Crippen LogP contribution >= 0.6 is 11.8 Å². The maximum atomic E-state index is 8.57. The highest BCUT2D eigenvalue weighted by molar-refractivity contribution is 7.99. The number of hydrogen-bond acceptors (Lipinski definition) is 5. The lowest BCUT2D eigenvalue weighted by molar-refractivity contribution is 0.104. The van der Waals surface area contributed by atoms with Gasteiger partial charge in [0, 0.05) is 45.8 Å². The molecule has 0 aromatic rings. The molecule has 0 aliphatic heterocycles. The van der Waals surface area contributed by atoms with E-state index >= 15 is 0 Å². The molecular formula is C11H25NO3S. The number of ether oxygens (including phenoxy) is 2. The first-order chi connectivity index (χ1) is 7.91. The van der Waals surface area contributed by atoms with Gasteiger partial charge in [0.15, 0.2) is 0 Å². The molecule has 4 nitrogen and oxygen atoms in total.